The van der Waals surface area contributed by atoms with Crippen molar-refractivity contribution in [2.45, 2.75) is 0 Å². The van der Waals surface area contributed by atoms with Gasteiger partial charge in [-0.05, 0) is 41.8 Å². The highest BCUT2D eigenvalue weighted by molar-refractivity contribution is 5.91. The molecule has 0 fully saturated rings. The Morgan fingerprint density at radius 2 is 1.61 bits per heavy atom. The average molecular weight is 409 g/mol. The highest BCUT2D eigenvalue weighted by atomic mass is 16.6. The first-order valence-corrected chi connectivity index (χ1v) is 9.54. The van der Waals surface area contributed by atoms with Crippen molar-refractivity contribution in [3.63, 3.8) is 0 Å². The topological polar surface area (TPSA) is 91.2 Å². The van der Waals surface area contributed by atoms with E-state index < -0.39 is 4.92 Å². The molecule has 0 N–H and O–H groups in total. The van der Waals surface area contributed by atoms with Crippen LogP contribution in [0.25, 0.3) is 39.5 Å². The molecular formula is C24H15N3O4. The lowest BCUT2D eigenvalue weighted by atomic mass is 10.1. The lowest BCUT2D eigenvalue weighted by Crippen LogP contribution is -2.22. The molecule has 0 amide bonds. The fraction of sp³-hybridized carbons (Fsp3) is 0. The predicted molar refractivity (Wildman–Crippen MR) is 119 cm³/mol. The molecule has 0 atom stereocenters. The van der Waals surface area contributed by atoms with Crippen LogP contribution in [-0.2, 0) is 0 Å². The van der Waals surface area contributed by atoms with Crippen molar-refractivity contribution in [3.8, 4) is 5.69 Å². The van der Waals surface area contributed by atoms with Gasteiger partial charge in [-0.3, -0.25) is 19.5 Å². The van der Waals surface area contributed by atoms with Gasteiger partial charge in [0.1, 0.15) is 16.5 Å². The van der Waals surface area contributed by atoms with Crippen molar-refractivity contribution >= 4 is 39.7 Å². The summed E-state index contributed by atoms with van der Waals surface area (Å²) in [6.07, 6.45) is 3.18. The van der Waals surface area contributed by atoms with Crippen LogP contribution in [0.1, 0.15) is 11.6 Å². The number of aromatic nitrogens is 2. The average Bonchev–Trinajstić information content (AvgIpc) is 3.27. The third kappa shape index (κ3) is 3.28. The molecule has 3 aromatic carbocycles. The molecular weight excluding hydrogens is 394 g/mol. The van der Waals surface area contributed by atoms with E-state index in [1.165, 1.54) is 12.1 Å². The summed E-state index contributed by atoms with van der Waals surface area (Å²) < 4.78 is 6.75. The van der Waals surface area contributed by atoms with Gasteiger partial charge >= 0.3 is 5.88 Å². The summed E-state index contributed by atoms with van der Waals surface area (Å²) in [7, 11) is 0. The first kappa shape index (κ1) is 18.5. The predicted octanol–water partition coefficient (Wildman–Crippen LogP) is 5.21. The minimum absolute atomic E-state index is 0.202. The Hall–Kier alpha value is -4.52. The molecule has 0 spiro atoms. The number of hydrogen-bond acceptors (Lipinski definition) is 5. The fourth-order valence-corrected chi connectivity index (χ4v) is 3.58. The molecule has 7 nitrogen and oxygen atoms in total. The van der Waals surface area contributed by atoms with Gasteiger partial charge in [-0.15, -0.1) is 0 Å². The SMILES string of the molecule is O=c1c2ccccc2nc(C=Cc2ccc([N+](=O)[O-])o2)n1-c1cccc2ccccc12. The Balaban J connectivity index is 1.76. The maximum atomic E-state index is 13.5. The molecule has 0 saturated carbocycles. The van der Waals surface area contributed by atoms with Crippen LogP contribution in [0.2, 0.25) is 0 Å². The third-order valence-electron chi connectivity index (χ3n) is 5.00. The highest BCUT2D eigenvalue weighted by Gasteiger charge is 2.14. The van der Waals surface area contributed by atoms with Gasteiger partial charge in [0, 0.05) is 5.39 Å². The second kappa shape index (κ2) is 7.38. The van der Waals surface area contributed by atoms with E-state index in [2.05, 4.69) is 4.98 Å². The number of benzene rings is 3. The Kier molecular flexibility index (Phi) is 4.41. The zero-order chi connectivity index (χ0) is 21.4. The quantitative estimate of drug-likeness (QED) is 0.300. The summed E-state index contributed by atoms with van der Waals surface area (Å²) in [6, 6.07) is 23.5. The molecule has 2 aromatic heterocycles. The molecule has 0 bridgehead atoms. The maximum Gasteiger partial charge on any atom is 0.433 e. The summed E-state index contributed by atoms with van der Waals surface area (Å²) in [5.41, 5.74) is 1.06. The Morgan fingerprint density at radius 1 is 0.871 bits per heavy atom. The highest BCUT2D eigenvalue weighted by Crippen LogP contribution is 2.24. The molecule has 5 aromatic rings. The monoisotopic (exact) mass is 409 g/mol. The van der Waals surface area contributed by atoms with Crippen LogP contribution in [-0.4, -0.2) is 14.5 Å². The van der Waals surface area contributed by atoms with Crippen molar-refractivity contribution < 1.29 is 9.34 Å². The summed E-state index contributed by atoms with van der Waals surface area (Å²) in [5.74, 6) is 0.329. The summed E-state index contributed by atoms with van der Waals surface area (Å²) in [5, 5.41) is 13.3. The molecule has 7 heteroatoms. The normalized spacial score (nSPS) is 11.5. The molecule has 5 rings (SSSR count). The molecule has 0 unspecified atom stereocenters. The molecule has 2 heterocycles. The smallest absolute Gasteiger partial charge is 0.401 e. The minimum atomic E-state index is -0.600. The van der Waals surface area contributed by atoms with Crippen LogP contribution in [0.3, 0.4) is 0 Å². The molecule has 0 radical (unpaired) electrons. The molecule has 0 aliphatic carbocycles. The lowest BCUT2D eigenvalue weighted by Gasteiger charge is -2.13. The van der Waals surface area contributed by atoms with Crippen molar-refractivity contribution in [1.29, 1.82) is 0 Å². The zero-order valence-electron chi connectivity index (χ0n) is 16.1. The van der Waals surface area contributed by atoms with E-state index in [4.69, 9.17) is 4.42 Å². The van der Waals surface area contributed by atoms with Gasteiger partial charge in [0.2, 0.25) is 0 Å². The van der Waals surface area contributed by atoms with E-state index in [0.29, 0.717) is 28.2 Å². The Bertz CT molecular complexity index is 1540. The Labute approximate surface area is 175 Å². The zero-order valence-corrected chi connectivity index (χ0v) is 16.1. The molecule has 0 aliphatic rings. The van der Waals surface area contributed by atoms with E-state index in [0.717, 1.165) is 10.8 Å². The van der Waals surface area contributed by atoms with Gasteiger partial charge in [-0.2, -0.15) is 0 Å². The molecule has 0 saturated heterocycles. The first-order valence-electron chi connectivity index (χ1n) is 9.54. The standard InChI is InChI=1S/C24H15N3O4/c28-24-19-9-3-4-10-20(19)25-22(14-12-17-13-15-23(31-17)27(29)30)26(24)21-11-5-7-16-6-1-2-8-18(16)21/h1-15H. The molecule has 31 heavy (non-hydrogen) atoms. The summed E-state index contributed by atoms with van der Waals surface area (Å²) >= 11 is 0. The number of hydrogen-bond donors (Lipinski definition) is 0. The van der Waals surface area contributed by atoms with Gasteiger partial charge in [-0.1, -0.05) is 48.5 Å². The number of fused-ring (bicyclic) bond motifs is 2. The molecule has 150 valence electrons. The number of para-hydroxylation sites is 1. The van der Waals surface area contributed by atoms with E-state index in [1.807, 2.05) is 48.5 Å². The largest absolute Gasteiger partial charge is 0.433 e. The van der Waals surface area contributed by atoms with Crippen LogP contribution in [0, 0.1) is 10.1 Å². The van der Waals surface area contributed by atoms with Gasteiger partial charge in [0.05, 0.1) is 22.7 Å². The van der Waals surface area contributed by atoms with Gasteiger partial charge in [0.25, 0.3) is 5.56 Å². The van der Waals surface area contributed by atoms with Crippen LogP contribution in [0.15, 0.2) is 88.1 Å². The summed E-state index contributed by atoms with van der Waals surface area (Å²) in [4.78, 5) is 28.4. The second-order valence-corrected chi connectivity index (χ2v) is 6.89. The van der Waals surface area contributed by atoms with Gasteiger partial charge in [-0.25, -0.2) is 4.98 Å². The second-order valence-electron chi connectivity index (χ2n) is 6.89. The number of rotatable bonds is 4. The van der Waals surface area contributed by atoms with Crippen molar-refractivity contribution in [2.75, 3.05) is 0 Å². The minimum Gasteiger partial charge on any atom is -0.401 e. The Morgan fingerprint density at radius 3 is 2.42 bits per heavy atom. The molecule has 0 aliphatic heterocycles. The number of nitro groups is 1. The van der Waals surface area contributed by atoms with Crippen LogP contribution in [0.5, 0.6) is 0 Å². The van der Waals surface area contributed by atoms with Gasteiger partial charge in [0.15, 0.2) is 0 Å². The van der Waals surface area contributed by atoms with E-state index >= 15 is 0 Å². The summed E-state index contributed by atoms with van der Waals surface area (Å²) in [6.45, 7) is 0. The first-order chi connectivity index (χ1) is 15.1. The van der Waals surface area contributed by atoms with E-state index in [1.54, 1.807) is 34.9 Å². The fourth-order valence-electron chi connectivity index (χ4n) is 3.58. The van der Waals surface area contributed by atoms with Crippen LogP contribution >= 0.6 is 0 Å². The number of nitrogens with zero attached hydrogens (tertiary/aromatic N) is 3. The maximum absolute atomic E-state index is 13.5. The van der Waals surface area contributed by atoms with Crippen molar-refractivity contribution in [2.24, 2.45) is 0 Å². The van der Waals surface area contributed by atoms with Crippen molar-refractivity contribution in [1.82, 2.24) is 9.55 Å². The van der Waals surface area contributed by atoms with E-state index in [-0.39, 0.29) is 11.4 Å². The number of furan rings is 1. The van der Waals surface area contributed by atoms with Gasteiger partial charge < -0.3 is 4.42 Å². The van der Waals surface area contributed by atoms with E-state index in [9.17, 15) is 14.9 Å². The van der Waals surface area contributed by atoms with Crippen LogP contribution < -0.4 is 5.56 Å². The third-order valence-corrected chi connectivity index (χ3v) is 5.00. The lowest BCUT2D eigenvalue weighted by molar-refractivity contribution is -0.402. The van der Waals surface area contributed by atoms with Crippen LogP contribution in [0.4, 0.5) is 5.88 Å². The van der Waals surface area contributed by atoms with Crippen molar-refractivity contribution in [3.05, 3.63) is 111 Å².